The maximum Gasteiger partial charge on any atom is 0.416 e. The second-order valence-corrected chi connectivity index (χ2v) is 11.2. The van der Waals surface area contributed by atoms with Crippen molar-refractivity contribution in [2.75, 3.05) is 31.7 Å². The first-order valence-corrected chi connectivity index (χ1v) is 16.3. The van der Waals surface area contributed by atoms with Gasteiger partial charge < -0.3 is 24.3 Å². The van der Waals surface area contributed by atoms with Crippen molar-refractivity contribution in [3.63, 3.8) is 0 Å². The largest absolute Gasteiger partial charge is 0.491 e. The SMILES string of the molecule is CCOC(=O)C(CCOC(=O)Cc1cccc(NC(=O)c2ccccc2-c2ccc(C(F)(F)F)cc2)c1OCC)(C(=O)OCC)c1ccccc1. The van der Waals surface area contributed by atoms with Crippen LogP contribution in [0.15, 0.2) is 97.1 Å². The van der Waals surface area contributed by atoms with Crippen LogP contribution in [0.4, 0.5) is 18.9 Å². The number of esters is 3. The summed E-state index contributed by atoms with van der Waals surface area (Å²) in [5.74, 6) is -2.68. The van der Waals surface area contributed by atoms with Crippen LogP contribution in [0.2, 0.25) is 0 Å². The third-order valence-corrected chi connectivity index (χ3v) is 7.92. The summed E-state index contributed by atoms with van der Waals surface area (Å²) in [5.41, 5.74) is -0.669. The van der Waals surface area contributed by atoms with Crippen LogP contribution in [0.25, 0.3) is 11.1 Å². The molecule has 1 amide bonds. The molecule has 0 aliphatic carbocycles. The zero-order valence-corrected chi connectivity index (χ0v) is 28.4. The van der Waals surface area contributed by atoms with Gasteiger partial charge in [-0.15, -0.1) is 0 Å². The van der Waals surface area contributed by atoms with E-state index in [4.69, 9.17) is 18.9 Å². The molecule has 12 heteroatoms. The minimum atomic E-state index is -4.50. The number of hydrogen-bond acceptors (Lipinski definition) is 8. The second kappa shape index (κ2) is 17.3. The Hall–Kier alpha value is -5.65. The van der Waals surface area contributed by atoms with Crippen LogP contribution < -0.4 is 10.1 Å². The fourth-order valence-electron chi connectivity index (χ4n) is 5.52. The number of rotatable bonds is 15. The molecule has 268 valence electrons. The molecular weight excluding hydrogens is 667 g/mol. The number of anilines is 1. The summed E-state index contributed by atoms with van der Waals surface area (Å²) >= 11 is 0. The Balaban J connectivity index is 1.53. The maximum absolute atomic E-state index is 13.6. The van der Waals surface area contributed by atoms with Crippen molar-refractivity contribution < 1.29 is 51.3 Å². The third-order valence-electron chi connectivity index (χ3n) is 7.92. The molecule has 0 heterocycles. The topological polar surface area (TPSA) is 117 Å². The van der Waals surface area contributed by atoms with Crippen molar-refractivity contribution in [1.82, 2.24) is 0 Å². The van der Waals surface area contributed by atoms with E-state index in [1.54, 1.807) is 93.6 Å². The van der Waals surface area contributed by atoms with E-state index in [2.05, 4.69) is 5.32 Å². The average Bonchev–Trinajstić information content (AvgIpc) is 3.11. The molecule has 4 rings (SSSR count). The number of halogens is 3. The van der Waals surface area contributed by atoms with Gasteiger partial charge in [-0.05, 0) is 61.7 Å². The van der Waals surface area contributed by atoms with E-state index < -0.39 is 41.0 Å². The van der Waals surface area contributed by atoms with Gasteiger partial charge in [0.1, 0.15) is 5.75 Å². The molecule has 0 radical (unpaired) electrons. The molecule has 0 aromatic heterocycles. The van der Waals surface area contributed by atoms with Crippen LogP contribution in [-0.2, 0) is 46.6 Å². The standard InChI is InChI=1S/C39H38F3NO8/c1-4-48-34-27(25-33(44)51-24-23-38(36(46)49-5-2,37(47)50-6-3)28-14-8-7-9-15-28)13-12-18-32(34)43-35(45)31-17-11-10-16-30(31)26-19-21-29(22-20-26)39(40,41)42/h7-22H,4-6,23-25H2,1-3H3,(H,43,45). The molecule has 4 aromatic rings. The molecule has 0 bridgehead atoms. The Kier molecular flexibility index (Phi) is 13.0. The number of carbonyl (C=O) groups is 4. The number of para-hydroxylation sites is 1. The van der Waals surface area contributed by atoms with Crippen LogP contribution in [0.5, 0.6) is 5.75 Å². The van der Waals surface area contributed by atoms with Crippen LogP contribution in [0.1, 0.15) is 54.2 Å². The van der Waals surface area contributed by atoms with Crippen molar-refractivity contribution in [2.24, 2.45) is 0 Å². The lowest BCUT2D eigenvalue weighted by Gasteiger charge is -2.29. The van der Waals surface area contributed by atoms with Gasteiger partial charge in [-0.2, -0.15) is 13.2 Å². The molecule has 0 saturated heterocycles. The highest BCUT2D eigenvalue weighted by atomic mass is 19.4. The minimum Gasteiger partial charge on any atom is -0.491 e. The lowest BCUT2D eigenvalue weighted by molar-refractivity contribution is -0.167. The Morgan fingerprint density at radius 1 is 0.667 bits per heavy atom. The molecule has 1 N–H and O–H groups in total. The fraction of sp³-hybridized carbons (Fsp3) is 0.282. The average molecular weight is 706 g/mol. The molecule has 0 fully saturated rings. The zero-order valence-electron chi connectivity index (χ0n) is 28.4. The third kappa shape index (κ3) is 9.13. The van der Waals surface area contributed by atoms with Gasteiger partial charge in [0.05, 0.1) is 44.1 Å². The van der Waals surface area contributed by atoms with E-state index in [0.29, 0.717) is 22.3 Å². The van der Waals surface area contributed by atoms with Gasteiger partial charge in [-0.1, -0.05) is 72.8 Å². The summed E-state index contributed by atoms with van der Waals surface area (Å²) in [6.07, 6.45) is -5.02. The van der Waals surface area contributed by atoms with E-state index in [1.165, 1.54) is 12.1 Å². The minimum absolute atomic E-state index is 0.0142. The predicted octanol–water partition coefficient (Wildman–Crippen LogP) is 7.56. The molecule has 4 aromatic carbocycles. The number of hydrogen-bond donors (Lipinski definition) is 1. The number of nitrogens with one attached hydrogen (secondary N) is 1. The van der Waals surface area contributed by atoms with Crippen molar-refractivity contribution in [2.45, 2.75) is 45.2 Å². The number of benzene rings is 4. The van der Waals surface area contributed by atoms with Gasteiger partial charge in [-0.25, -0.2) is 0 Å². The highest BCUT2D eigenvalue weighted by Gasteiger charge is 2.50. The van der Waals surface area contributed by atoms with Gasteiger partial charge in [0, 0.05) is 17.5 Å². The lowest BCUT2D eigenvalue weighted by atomic mass is 9.77. The Morgan fingerprint density at radius 3 is 1.90 bits per heavy atom. The van der Waals surface area contributed by atoms with E-state index >= 15 is 0 Å². The van der Waals surface area contributed by atoms with Crippen molar-refractivity contribution in [1.29, 1.82) is 0 Å². The second-order valence-electron chi connectivity index (χ2n) is 11.2. The molecular formula is C39H38F3NO8. The van der Waals surface area contributed by atoms with Crippen LogP contribution in [-0.4, -0.2) is 50.2 Å². The monoisotopic (exact) mass is 705 g/mol. The molecule has 0 saturated carbocycles. The highest BCUT2D eigenvalue weighted by Crippen LogP contribution is 2.35. The number of amides is 1. The number of carbonyl (C=O) groups excluding carboxylic acids is 4. The van der Waals surface area contributed by atoms with Crippen molar-refractivity contribution in [3.05, 3.63) is 119 Å². The summed E-state index contributed by atoms with van der Waals surface area (Å²) in [6, 6.07) is 24.1. The van der Waals surface area contributed by atoms with Gasteiger partial charge in [-0.3, -0.25) is 19.2 Å². The summed E-state index contributed by atoms with van der Waals surface area (Å²) in [4.78, 5) is 53.3. The van der Waals surface area contributed by atoms with Crippen LogP contribution >= 0.6 is 0 Å². The Morgan fingerprint density at radius 2 is 1.29 bits per heavy atom. The zero-order chi connectivity index (χ0) is 37.0. The van der Waals surface area contributed by atoms with Crippen molar-refractivity contribution >= 4 is 29.5 Å². The Labute approximate surface area is 293 Å². The summed E-state index contributed by atoms with van der Waals surface area (Å²) in [5, 5.41) is 2.80. The summed E-state index contributed by atoms with van der Waals surface area (Å²) in [7, 11) is 0. The number of ether oxygens (including phenoxy) is 4. The predicted molar refractivity (Wildman–Crippen MR) is 183 cm³/mol. The molecule has 0 aliphatic rings. The normalized spacial score (nSPS) is 11.3. The van der Waals surface area contributed by atoms with Gasteiger partial charge in [0.25, 0.3) is 5.91 Å². The highest BCUT2D eigenvalue weighted by molar-refractivity contribution is 6.09. The maximum atomic E-state index is 13.6. The van der Waals surface area contributed by atoms with Gasteiger partial charge >= 0.3 is 24.1 Å². The molecule has 9 nitrogen and oxygen atoms in total. The summed E-state index contributed by atoms with van der Waals surface area (Å²) < 4.78 is 61.3. The number of alkyl halides is 3. The molecule has 0 atom stereocenters. The van der Waals surface area contributed by atoms with E-state index in [-0.39, 0.29) is 56.3 Å². The van der Waals surface area contributed by atoms with Gasteiger partial charge in [0.15, 0.2) is 5.41 Å². The first-order valence-electron chi connectivity index (χ1n) is 16.3. The van der Waals surface area contributed by atoms with E-state index in [1.807, 2.05) is 0 Å². The van der Waals surface area contributed by atoms with Crippen molar-refractivity contribution in [3.8, 4) is 16.9 Å². The first-order chi connectivity index (χ1) is 24.5. The van der Waals surface area contributed by atoms with Crippen LogP contribution in [0.3, 0.4) is 0 Å². The fourth-order valence-corrected chi connectivity index (χ4v) is 5.52. The molecule has 51 heavy (non-hydrogen) atoms. The quantitative estimate of drug-likeness (QED) is 0.0765. The molecule has 0 unspecified atom stereocenters. The van der Waals surface area contributed by atoms with E-state index in [0.717, 1.165) is 12.1 Å². The summed E-state index contributed by atoms with van der Waals surface area (Å²) in [6.45, 7) is 4.85. The molecule has 0 spiro atoms. The Bertz CT molecular complexity index is 1810. The smallest absolute Gasteiger partial charge is 0.416 e. The first kappa shape index (κ1) is 38.2. The van der Waals surface area contributed by atoms with E-state index in [9.17, 15) is 32.3 Å². The van der Waals surface area contributed by atoms with Crippen LogP contribution in [0, 0.1) is 0 Å². The lowest BCUT2D eigenvalue weighted by Crippen LogP contribution is -2.47. The molecule has 0 aliphatic heterocycles. The van der Waals surface area contributed by atoms with Gasteiger partial charge in [0.2, 0.25) is 0 Å².